The second kappa shape index (κ2) is 4.22. The molecule has 0 bridgehead atoms. The maximum absolute atomic E-state index is 12.7. The molecule has 1 aromatic carbocycles. The van der Waals surface area contributed by atoms with Gasteiger partial charge in [-0.25, -0.2) is 9.53 Å². The topological polar surface area (TPSA) is 69.4 Å². The molecule has 0 heterocycles. The Morgan fingerprint density at radius 2 is 2.14 bits per heavy atom. The van der Waals surface area contributed by atoms with E-state index in [9.17, 15) is 12.8 Å². The van der Waals surface area contributed by atoms with Gasteiger partial charge in [-0.3, -0.25) is 4.18 Å². The number of halogens is 2. The minimum atomic E-state index is -4.03. The average molecular weight is 240 g/mol. The van der Waals surface area contributed by atoms with Gasteiger partial charge in [0, 0.05) is 10.6 Å². The zero-order valence-electron chi connectivity index (χ0n) is 6.91. The third-order valence-corrected chi connectivity index (χ3v) is 2.20. The van der Waals surface area contributed by atoms with Gasteiger partial charge in [-0.1, -0.05) is 11.6 Å². The smallest absolute Gasteiger partial charge is 0.253 e. The van der Waals surface area contributed by atoms with Crippen LogP contribution in [0.5, 0.6) is 0 Å². The number of nitrogens with two attached hydrogens (primary N) is 1. The molecule has 2 N–H and O–H groups in total. The molecule has 0 amide bonds. The summed E-state index contributed by atoms with van der Waals surface area (Å²) in [6.07, 6.45) is 0. The monoisotopic (exact) mass is 239 g/mol. The van der Waals surface area contributed by atoms with E-state index in [2.05, 4.69) is 9.32 Å². The molecule has 0 saturated heterocycles. The van der Waals surface area contributed by atoms with Gasteiger partial charge in [-0.05, 0) is 18.2 Å². The Balaban J connectivity index is 2.81. The maximum atomic E-state index is 12.7. The molecular weight excluding hydrogens is 233 g/mol. The van der Waals surface area contributed by atoms with Crippen LogP contribution in [-0.4, -0.2) is 8.42 Å². The van der Waals surface area contributed by atoms with Gasteiger partial charge in [-0.2, -0.15) is 8.42 Å². The lowest BCUT2D eigenvalue weighted by molar-refractivity contribution is 0.308. The molecule has 0 aromatic heterocycles. The number of benzene rings is 1. The van der Waals surface area contributed by atoms with E-state index in [4.69, 9.17) is 11.6 Å². The maximum Gasteiger partial charge on any atom is 0.333 e. The fraction of sp³-hybridized carbons (Fsp3) is 0.143. The lowest BCUT2D eigenvalue weighted by atomic mass is 10.2. The molecule has 0 radical (unpaired) electrons. The first-order chi connectivity index (χ1) is 6.38. The van der Waals surface area contributed by atoms with Gasteiger partial charge >= 0.3 is 10.3 Å². The summed E-state index contributed by atoms with van der Waals surface area (Å²) in [4.78, 5) is 0. The molecule has 78 valence electrons. The Hall–Kier alpha value is -0.690. The van der Waals surface area contributed by atoms with Gasteiger partial charge in [0.05, 0.1) is 6.61 Å². The summed E-state index contributed by atoms with van der Waals surface area (Å²) in [6.45, 7) is -0.380. The van der Waals surface area contributed by atoms with Crippen LogP contribution in [0, 0.1) is 5.82 Å². The lowest BCUT2D eigenvalue weighted by Crippen LogP contribution is -2.15. The van der Waals surface area contributed by atoms with Crippen molar-refractivity contribution in [3.05, 3.63) is 34.6 Å². The van der Waals surface area contributed by atoms with E-state index >= 15 is 0 Å². The molecule has 4 nitrogen and oxygen atoms in total. The molecule has 7 heteroatoms. The van der Waals surface area contributed by atoms with E-state index in [1.165, 1.54) is 6.07 Å². The number of hydrogen-bond donors (Lipinski definition) is 1. The minimum Gasteiger partial charge on any atom is -0.253 e. The fourth-order valence-corrected chi connectivity index (χ4v) is 1.26. The average Bonchev–Trinajstić information content (AvgIpc) is 2.05. The van der Waals surface area contributed by atoms with Crippen molar-refractivity contribution in [2.75, 3.05) is 0 Å². The van der Waals surface area contributed by atoms with Crippen LogP contribution in [0.2, 0.25) is 5.02 Å². The highest BCUT2D eigenvalue weighted by atomic mass is 35.5. The summed E-state index contributed by atoms with van der Waals surface area (Å²) in [6, 6.07) is 3.54. The SMILES string of the molecule is NS(=O)(=O)OCc1cc(F)ccc1Cl. The van der Waals surface area contributed by atoms with Crippen LogP contribution in [0.25, 0.3) is 0 Å². The number of rotatable bonds is 3. The summed E-state index contributed by atoms with van der Waals surface area (Å²) in [5, 5.41) is 4.80. The van der Waals surface area contributed by atoms with E-state index in [1.54, 1.807) is 0 Å². The summed E-state index contributed by atoms with van der Waals surface area (Å²) in [7, 11) is -4.03. The third-order valence-electron chi connectivity index (χ3n) is 1.39. The predicted molar refractivity (Wildman–Crippen MR) is 49.3 cm³/mol. The molecule has 0 unspecified atom stereocenters. The quantitative estimate of drug-likeness (QED) is 0.862. The predicted octanol–water partition coefficient (Wildman–Crippen LogP) is 1.20. The van der Waals surface area contributed by atoms with Crippen LogP contribution in [0.1, 0.15) is 5.56 Å². The Labute approximate surface area is 85.7 Å². The van der Waals surface area contributed by atoms with Crippen molar-refractivity contribution >= 4 is 21.9 Å². The van der Waals surface area contributed by atoms with Gasteiger partial charge in [0.25, 0.3) is 0 Å². The molecule has 0 saturated carbocycles. The molecule has 0 aliphatic heterocycles. The Kier molecular flexibility index (Phi) is 3.43. The van der Waals surface area contributed by atoms with Gasteiger partial charge in [0.15, 0.2) is 0 Å². The first kappa shape index (κ1) is 11.4. The first-order valence-corrected chi connectivity index (χ1v) is 5.34. The Bertz CT molecular complexity index is 435. The van der Waals surface area contributed by atoms with E-state index in [0.29, 0.717) is 0 Å². The zero-order chi connectivity index (χ0) is 10.8. The fourth-order valence-electron chi connectivity index (χ4n) is 0.800. The lowest BCUT2D eigenvalue weighted by Gasteiger charge is -2.03. The van der Waals surface area contributed by atoms with Gasteiger partial charge in [-0.15, -0.1) is 0 Å². The normalized spacial score (nSPS) is 11.6. The summed E-state index contributed by atoms with van der Waals surface area (Å²) >= 11 is 5.64. The molecule has 1 aromatic rings. The van der Waals surface area contributed by atoms with Gasteiger partial charge in [0.1, 0.15) is 5.82 Å². The Morgan fingerprint density at radius 3 is 2.71 bits per heavy atom. The molecular formula is C7H7ClFNO3S. The van der Waals surface area contributed by atoms with Crippen LogP contribution < -0.4 is 5.14 Å². The van der Waals surface area contributed by atoms with Crippen molar-refractivity contribution in [1.82, 2.24) is 0 Å². The third kappa shape index (κ3) is 3.59. The highest BCUT2D eigenvalue weighted by molar-refractivity contribution is 7.84. The van der Waals surface area contributed by atoms with E-state index < -0.39 is 16.1 Å². The molecule has 1 rings (SSSR count). The van der Waals surface area contributed by atoms with Crippen LogP contribution in [0.3, 0.4) is 0 Å². The van der Waals surface area contributed by atoms with Crippen molar-refractivity contribution in [1.29, 1.82) is 0 Å². The van der Waals surface area contributed by atoms with Crippen molar-refractivity contribution in [2.24, 2.45) is 5.14 Å². The Morgan fingerprint density at radius 1 is 1.50 bits per heavy atom. The molecule has 14 heavy (non-hydrogen) atoms. The van der Waals surface area contributed by atoms with Crippen LogP contribution in [0.4, 0.5) is 4.39 Å². The first-order valence-electron chi connectivity index (χ1n) is 3.49. The zero-order valence-corrected chi connectivity index (χ0v) is 8.48. The second-order valence-corrected chi connectivity index (χ2v) is 4.12. The number of hydrogen-bond acceptors (Lipinski definition) is 3. The highest BCUT2D eigenvalue weighted by Crippen LogP contribution is 2.18. The molecule has 0 aliphatic carbocycles. The summed E-state index contributed by atoms with van der Waals surface area (Å²) < 4.78 is 37.8. The van der Waals surface area contributed by atoms with Crippen molar-refractivity contribution < 1.29 is 17.0 Å². The second-order valence-electron chi connectivity index (χ2n) is 2.49. The van der Waals surface area contributed by atoms with Gasteiger partial charge < -0.3 is 0 Å². The van der Waals surface area contributed by atoms with Gasteiger partial charge in [0.2, 0.25) is 0 Å². The molecule has 0 spiro atoms. The highest BCUT2D eigenvalue weighted by Gasteiger charge is 2.07. The largest absolute Gasteiger partial charge is 0.333 e. The van der Waals surface area contributed by atoms with E-state index in [-0.39, 0.29) is 17.2 Å². The van der Waals surface area contributed by atoms with E-state index in [0.717, 1.165) is 12.1 Å². The standard InChI is InChI=1S/C7H7ClFNO3S/c8-7-2-1-6(9)3-5(7)4-13-14(10,11)12/h1-3H,4H2,(H2,10,11,12). The van der Waals surface area contributed by atoms with E-state index in [1.807, 2.05) is 0 Å². The van der Waals surface area contributed by atoms with Crippen molar-refractivity contribution in [3.8, 4) is 0 Å². The van der Waals surface area contributed by atoms with Crippen LogP contribution in [-0.2, 0) is 21.1 Å². The molecule has 0 fully saturated rings. The summed E-state index contributed by atoms with van der Waals surface area (Å²) in [5.41, 5.74) is 0.223. The molecule has 0 atom stereocenters. The van der Waals surface area contributed by atoms with Crippen LogP contribution >= 0.6 is 11.6 Å². The van der Waals surface area contributed by atoms with Crippen molar-refractivity contribution in [3.63, 3.8) is 0 Å². The molecule has 0 aliphatic rings. The van der Waals surface area contributed by atoms with Crippen LogP contribution in [0.15, 0.2) is 18.2 Å². The summed E-state index contributed by atoms with van der Waals surface area (Å²) in [5.74, 6) is -0.526. The van der Waals surface area contributed by atoms with Crippen molar-refractivity contribution in [2.45, 2.75) is 6.61 Å². The minimum absolute atomic E-state index is 0.218.